The molecule has 1 aliphatic rings. The van der Waals surface area contributed by atoms with E-state index in [0.29, 0.717) is 11.8 Å². The molecule has 2 rings (SSSR count). The van der Waals surface area contributed by atoms with Crippen LogP contribution >= 0.6 is 11.8 Å². The van der Waals surface area contributed by atoms with E-state index in [1.54, 1.807) is 19.4 Å². The summed E-state index contributed by atoms with van der Waals surface area (Å²) in [4.78, 5) is 8.39. The van der Waals surface area contributed by atoms with Gasteiger partial charge in [0, 0.05) is 18.8 Å². The summed E-state index contributed by atoms with van der Waals surface area (Å²) >= 11 is 2.05. The number of aromatic nitrogens is 2. The second-order valence-electron chi connectivity index (χ2n) is 3.86. The number of hydrogen-bond acceptors (Lipinski definition) is 5. The van der Waals surface area contributed by atoms with Gasteiger partial charge < -0.3 is 10.1 Å². The Kier molecular flexibility index (Phi) is 4.27. The molecule has 2 heterocycles. The minimum Gasteiger partial charge on any atom is -0.481 e. The lowest BCUT2D eigenvalue weighted by molar-refractivity contribution is 0.397. The largest absolute Gasteiger partial charge is 0.481 e. The molecule has 1 aliphatic heterocycles. The lowest BCUT2D eigenvalue weighted by Crippen LogP contribution is -2.20. The zero-order valence-electron chi connectivity index (χ0n) is 9.48. The highest BCUT2D eigenvalue weighted by Crippen LogP contribution is 2.22. The van der Waals surface area contributed by atoms with Crippen molar-refractivity contribution in [1.82, 2.24) is 9.97 Å². The minimum absolute atomic E-state index is 0.608. The predicted molar refractivity (Wildman–Crippen MR) is 67.1 cm³/mol. The van der Waals surface area contributed by atoms with Crippen molar-refractivity contribution in [3.8, 4) is 5.88 Å². The maximum absolute atomic E-state index is 5.05. The maximum Gasteiger partial charge on any atom is 0.225 e. The zero-order chi connectivity index (χ0) is 11.2. The van der Waals surface area contributed by atoms with Gasteiger partial charge in [0.2, 0.25) is 11.8 Å². The lowest BCUT2D eigenvalue weighted by Gasteiger charge is -2.21. The van der Waals surface area contributed by atoms with E-state index >= 15 is 0 Å². The Morgan fingerprint density at radius 1 is 1.50 bits per heavy atom. The van der Waals surface area contributed by atoms with Crippen LogP contribution in [0.25, 0.3) is 0 Å². The molecule has 0 unspecified atom stereocenters. The third-order valence-electron chi connectivity index (χ3n) is 2.73. The molecular weight excluding hydrogens is 222 g/mol. The van der Waals surface area contributed by atoms with Crippen LogP contribution in [-0.4, -0.2) is 35.1 Å². The monoisotopic (exact) mass is 239 g/mol. The number of thioether (sulfide) groups is 1. The zero-order valence-corrected chi connectivity index (χ0v) is 10.3. The van der Waals surface area contributed by atoms with Gasteiger partial charge in [-0.15, -0.1) is 0 Å². The second-order valence-corrected chi connectivity index (χ2v) is 5.08. The first-order chi connectivity index (χ1) is 7.88. The third-order valence-corrected chi connectivity index (χ3v) is 3.78. The minimum atomic E-state index is 0.608. The molecule has 1 saturated heterocycles. The number of anilines is 1. The summed E-state index contributed by atoms with van der Waals surface area (Å²) in [7, 11) is 1.62. The summed E-state index contributed by atoms with van der Waals surface area (Å²) in [5.41, 5.74) is 0. The van der Waals surface area contributed by atoms with E-state index in [1.165, 1.54) is 24.3 Å². The van der Waals surface area contributed by atoms with E-state index in [9.17, 15) is 0 Å². The molecule has 0 atom stereocenters. The van der Waals surface area contributed by atoms with Crippen molar-refractivity contribution >= 4 is 17.7 Å². The highest BCUT2D eigenvalue weighted by Gasteiger charge is 2.13. The Morgan fingerprint density at radius 3 is 3.06 bits per heavy atom. The smallest absolute Gasteiger partial charge is 0.225 e. The van der Waals surface area contributed by atoms with Crippen molar-refractivity contribution < 1.29 is 4.74 Å². The van der Waals surface area contributed by atoms with Gasteiger partial charge in [-0.25, -0.2) is 4.98 Å². The fourth-order valence-electron chi connectivity index (χ4n) is 1.73. The summed E-state index contributed by atoms with van der Waals surface area (Å²) < 4.78 is 5.05. The quantitative estimate of drug-likeness (QED) is 0.871. The van der Waals surface area contributed by atoms with Gasteiger partial charge >= 0.3 is 0 Å². The third kappa shape index (κ3) is 3.27. The standard InChI is InChI=1S/C11H17N3OS/c1-15-10-2-5-12-11(14-10)13-8-9-3-6-16-7-4-9/h2,5,9H,3-4,6-8H2,1H3,(H,12,13,14). The fourth-order valence-corrected chi connectivity index (χ4v) is 2.93. The SMILES string of the molecule is COc1ccnc(NCC2CCSCC2)n1. The van der Waals surface area contributed by atoms with Gasteiger partial charge in [-0.3, -0.25) is 0 Å². The number of nitrogens with one attached hydrogen (secondary N) is 1. The normalized spacial score (nSPS) is 17.1. The van der Waals surface area contributed by atoms with Crippen LogP contribution in [-0.2, 0) is 0 Å². The van der Waals surface area contributed by atoms with Crippen LogP contribution in [0.4, 0.5) is 5.95 Å². The summed E-state index contributed by atoms with van der Waals surface area (Å²) in [6.07, 6.45) is 4.30. The molecule has 0 amide bonds. The first-order valence-corrected chi connectivity index (χ1v) is 6.72. The Morgan fingerprint density at radius 2 is 2.31 bits per heavy atom. The lowest BCUT2D eigenvalue weighted by atomic mass is 10.0. The first-order valence-electron chi connectivity index (χ1n) is 5.57. The number of rotatable bonds is 4. The molecule has 1 N–H and O–H groups in total. The molecule has 1 aromatic rings. The molecule has 0 aromatic carbocycles. The van der Waals surface area contributed by atoms with Crippen molar-refractivity contribution in [2.24, 2.45) is 5.92 Å². The van der Waals surface area contributed by atoms with Crippen molar-refractivity contribution in [3.63, 3.8) is 0 Å². The van der Waals surface area contributed by atoms with Crippen LogP contribution in [0.3, 0.4) is 0 Å². The van der Waals surface area contributed by atoms with Crippen LogP contribution in [0, 0.1) is 5.92 Å². The molecule has 1 aromatic heterocycles. The van der Waals surface area contributed by atoms with Crippen LogP contribution in [0.2, 0.25) is 0 Å². The summed E-state index contributed by atoms with van der Waals surface area (Å²) in [6.45, 7) is 0.966. The fraction of sp³-hybridized carbons (Fsp3) is 0.636. The highest BCUT2D eigenvalue weighted by atomic mass is 32.2. The van der Waals surface area contributed by atoms with Gasteiger partial charge in [-0.05, 0) is 30.3 Å². The topological polar surface area (TPSA) is 47.0 Å². The van der Waals surface area contributed by atoms with Gasteiger partial charge in [0.05, 0.1) is 7.11 Å². The number of hydrogen-bond donors (Lipinski definition) is 1. The summed E-state index contributed by atoms with van der Waals surface area (Å²) in [6, 6.07) is 1.75. The second kappa shape index (κ2) is 5.94. The molecule has 0 radical (unpaired) electrons. The molecule has 0 spiro atoms. The summed E-state index contributed by atoms with van der Waals surface area (Å²) in [5.74, 6) is 4.60. The average Bonchev–Trinajstić information content (AvgIpc) is 2.38. The molecule has 0 aliphatic carbocycles. The first kappa shape index (κ1) is 11.5. The van der Waals surface area contributed by atoms with Gasteiger partial charge in [0.15, 0.2) is 0 Å². The van der Waals surface area contributed by atoms with E-state index in [0.717, 1.165) is 12.5 Å². The van der Waals surface area contributed by atoms with Gasteiger partial charge in [0.25, 0.3) is 0 Å². The Bertz CT molecular complexity index is 329. The molecule has 16 heavy (non-hydrogen) atoms. The van der Waals surface area contributed by atoms with Crippen molar-refractivity contribution in [3.05, 3.63) is 12.3 Å². The average molecular weight is 239 g/mol. The molecule has 0 saturated carbocycles. The van der Waals surface area contributed by atoms with Gasteiger partial charge in [0.1, 0.15) is 0 Å². The van der Waals surface area contributed by atoms with E-state index in [1.807, 2.05) is 11.8 Å². The number of methoxy groups -OCH3 is 1. The predicted octanol–water partition coefficient (Wildman–Crippen LogP) is 2.04. The van der Waals surface area contributed by atoms with E-state index in [-0.39, 0.29) is 0 Å². The summed E-state index contributed by atoms with van der Waals surface area (Å²) in [5, 5.41) is 3.28. The van der Waals surface area contributed by atoms with Crippen LogP contribution in [0.1, 0.15) is 12.8 Å². The molecular formula is C11H17N3OS. The molecule has 88 valence electrons. The van der Waals surface area contributed by atoms with E-state index < -0.39 is 0 Å². The van der Waals surface area contributed by atoms with Crippen LogP contribution < -0.4 is 10.1 Å². The Balaban J connectivity index is 1.83. The van der Waals surface area contributed by atoms with Gasteiger partial charge in [-0.1, -0.05) is 0 Å². The van der Waals surface area contributed by atoms with E-state index in [2.05, 4.69) is 15.3 Å². The number of nitrogens with zero attached hydrogens (tertiary/aromatic N) is 2. The molecule has 0 bridgehead atoms. The van der Waals surface area contributed by atoms with Crippen molar-refractivity contribution in [2.75, 3.05) is 30.5 Å². The van der Waals surface area contributed by atoms with Crippen molar-refractivity contribution in [2.45, 2.75) is 12.8 Å². The Hall–Kier alpha value is -0.970. The Labute approximate surface area is 100 Å². The van der Waals surface area contributed by atoms with Crippen LogP contribution in [0.15, 0.2) is 12.3 Å². The molecule has 5 heteroatoms. The molecule has 1 fully saturated rings. The van der Waals surface area contributed by atoms with Crippen molar-refractivity contribution in [1.29, 1.82) is 0 Å². The maximum atomic E-state index is 5.05. The van der Waals surface area contributed by atoms with Crippen LogP contribution in [0.5, 0.6) is 5.88 Å². The molecule has 4 nitrogen and oxygen atoms in total. The van der Waals surface area contributed by atoms with Gasteiger partial charge in [-0.2, -0.15) is 16.7 Å². The van der Waals surface area contributed by atoms with E-state index in [4.69, 9.17) is 4.74 Å². The number of ether oxygens (including phenoxy) is 1. The highest BCUT2D eigenvalue weighted by molar-refractivity contribution is 7.99.